The van der Waals surface area contributed by atoms with Crippen LogP contribution in [0.4, 0.5) is 5.82 Å². The summed E-state index contributed by atoms with van der Waals surface area (Å²) >= 11 is 0. The van der Waals surface area contributed by atoms with Crippen molar-refractivity contribution in [2.24, 2.45) is 0 Å². The van der Waals surface area contributed by atoms with Crippen LogP contribution in [0.5, 0.6) is 0 Å². The van der Waals surface area contributed by atoms with E-state index in [1.54, 1.807) is 6.20 Å². The second-order valence-electron chi connectivity index (χ2n) is 5.47. The highest BCUT2D eigenvalue weighted by molar-refractivity contribution is 5.92. The van der Waals surface area contributed by atoms with E-state index in [1.807, 2.05) is 6.92 Å². The van der Waals surface area contributed by atoms with Gasteiger partial charge in [0.05, 0.1) is 12.4 Å². The van der Waals surface area contributed by atoms with Crippen LogP contribution in [0.25, 0.3) is 0 Å². The minimum atomic E-state index is -0.162. The molecule has 0 spiro atoms. The van der Waals surface area contributed by atoms with Gasteiger partial charge in [0.15, 0.2) is 0 Å². The Hall–Kier alpha value is -1.69. The van der Waals surface area contributed by atoms with E-state index >= 15 is 0 Å². The van der Waals surface area contributed by atoms with E-state index in [1.165, 1.54) is 12.6 Å². The van der Waals surface area contributed by atoms with Crippen LogP contribution in [0.1, 0.15) is 36.7 Å². The third kappa shape index (κ3) is 3.07. The molecule has 0 unspecified atom stereocenters. The van der Waals surface area contributed by atoms with Crippen molar-refractivity contribution in [1.82, 2.24) is 20.2 Å². The molecular weight excluding hydrogens is 254 g/mol. The summed E-state index contributed by atoms with van der Waals surface area (Å²) in [6.07, 6.45) is 6.60. The van der Waals surface area contributed by atoms with Crippen molar-refractivity contribution >= 4 is 11.7 Å². The number of anilines is 1. The Morgan fingerprint density at radius 2 is 2.15 bits per heavy atom. The quantitative estimate of drug-likeness (QED) is 0.815. The summed E-state index contributed by atoms with van der Waals surface area (Å²) in [5.41, 5.74) is 0.471. The molecule has 2 N–H and O–H groups in total. The molecule has 6 nitrogen and oxygen atoms in total. The van der Waals surface area contributed by atoms with E-state index in [2.05, 4.69) is 39.6 Å². The molecule has 0 saturated heterocycles. The van der Waals surface area contributed by atoms with Gasteiger partial charge in [-0.15, -0.1) is 0 Å². The second kappa shape index (κ2) is 6.17. The minimum Gasteiger partial charge on any atom is -0.369 e. The van der Waals surface area contributed by atoms with Gasteiger partial charge in [0, 0.05) is 18.6 Å². The number of rotatable bonds is 6. The lowest BCUT2D eigenvalue weighted by atomic mass is 9.75. The number of amides is 1. The molecule has 1 aromatic rings. The number of nitrogens with one attached hydrogen (secondary N) is 2. The monoisotopic (exact) mass is 277 g/mol. The number of likely N-dealkylation sites (N-methyl/N-ethyl adjacent to an activating group) is 1. The molecular formula is C14H23N5O. The van der Waals surface area contributed by atoms with Crippen molar-refractivity contribution in [1.29, 1.82) is 0 Å². The van der Waals surface area contributed by atoms with Crippen LogP contribution in [0, 0.1) is 0 Å². The third-order valence-corrected chi connectivity index (χ3v) is 4.04. The zero-order valence-corrected chi connectivity index (χ0v) is 12.4. The SMILES string of the molecule is CCNc1cncc(C(=O)NCC2(N(C)C)CCC2)n1. The van der Waals surface area contributed by atoms with Gasteiger partial charge in [-0.25, -0.2) is 4.98 Å². The van der Waals surface area contributed by atoms with Crippen molar-refractivity contribution in [2.75, 3.05) is 32.5 Å². The molecule has 110 valence electrons. The smallest absolute Gasteiger partial charge is 0.271 e. The normalized spacial score (nSPS) is 16.6. The van der Waals surface area contributed by atoms with E-state index in [-0.39, 0.29) is 11.4 Å². The molecule has 0 bridgehead atoms. The molecule has 0 aromatic carbocycles. The molecule has 0 radical (unpaired) electrons. The van der Waals surface area contributed by atoms with Gasteiger partial charge < -0.3 is 15.5 Å². The number of hydrogen-bond acceptors (Lipinski definition) is 5. The van der Waals surface area contributed by atoms with Crippen molar-refractivity contribution in [3.8, 4) is 0 Å². The molecule has 1 aromatic heterocycles. The zero-order chi connectivity index (χ0) is 14.6. The molecule has 1 heterocycles. The summed E-state index contributed by atoms with van der Waals surface area (Å²) in [5, 5.41) is 6.04. The highest BCUT2D eigenvalue weighted by atomic mass is 16.1. The van der Waals surface area contributed by atoms with Crippen molar-refractivity contribution in [2.45, 2.75) is 31.7 Å². The first-order valence-electron chi connectivity index (χ1n) is 7.09. The summed E-state index contributed by atoms with van der Waals surface area (Å²) in [4.78, 5) is 22.7. The van der Waals surface area contributed by atoms with Gasteiger partial charge in [0.2, 0.25) is 0 Å². The largest absolute Gasteiger partial charge is 0.369 e. The lowest BCUT2D eigenvalue weighted by Gasteiger charge is -2.47. The summed E-state index contributed by atoms with van der Waals surface area (Å²) in [5.74, 6) is 0.469. The predicted molar refractivity (Wildman–Crippen MR) is 78.8 cm³/mol. The number of carbonyl (C=O) groups excluding carboxylic acids is 1. The van der Waals surface area contributed by atoms with Crippen molar-refractivity contribution in [3.05, 3.63) is 18.1 Å². The minimum absolute atomic E-state index is 0.113. The van der Waals surface area contributed by atoms with Gasteiger partial charge in [-0.05, 0) is 40.3 Å². The van der Waals surface area contributed by atoms with Gasteiger partial charge in [0.25, 0.3) is 5.91 Å². The number of aromatic nitrogens is 2. The third-order valence-electron chi connectivity index (χ3n) is 4.04. The first-order valence-corrected chi connectivity index (χ1v) is 7.09. The summed E-state index contributed by atoms with van der Waals surface area (Å²) in [7, 11) is 4.13. The Labute approximate surface area is 120 Å². The van der Waals surface area contributed by atoms with Gasteiger partial charge >= 0.3 is 0 Å². The number of nitrogens with zero attached hydrogens (tertiary/aromatic N) is 3. The molecule has 2 rings (SSSR count). The van der Waals surface area contributed by atoms with Crippen LogP contribution in [-0.2, 0) is 0 Å². The van der Waals surface area contributed by atoms with Gasteiger partial charge in [-0.1, -0.05) is 0 Å². The molecule has 0 aliphatic heterocycles. The van der Waals surface area contributed by atoms with E-state index in [0.29, 0.717) is 18.1 Å². The molecule has 20 heavy (non-hydrogen) atoms. The topological polar surface area (TPSA) is 70.2 Å². The summed E-state index contributed by atoms with van der Waals surface area (Å²) in [6, 6.07) is 0. The fourth-order valence-corrected chi connectivity index (χ4v) is 2.44. The van der Waals surface area contributed by atoms with Crippen molar-refractivity contribution in [3.63, 3.8) is 0 Å². The first-order chi connectivity index (χ1) is 9.57. The molecule has 1 aliphatic carbocycles. The standard InChI is InChI=1S/C14H23N5O/c1-4-16-12-9-15-8-11(18-12)13(20)17-10-14(19(2)3)6-5-7-14/h8-9H,4-7,10H2,1-3H3,(H,16,18)(H,17,20). The lowest BCUT2D eigenvalue weighted by Crippen LogP contribution is -2.57. The molecule has 6 heteroatoms. The van der Waals surface area contributed by atoms with Crippen LogP contribution in [0.15, 0.2) is 12.4 Å². The van der Waals surface area contributed by atoms with Gasteiger partial charge in [0.1, 0.15) is 11.5 Å². The summed E-state index contributed by atoms with van der Waals surface area (Å²) < 4.78 is 0. The fraction of sp³-hybridized carbons (Fsp3) is 0.643. The highest BCUT2D eigenvalue weighted by Gasteiger charge is 2.39. The Bertz CT molecular complexity index is 470. The maximum Gasteiger partial charge on any atom is 0.271 e. The van der Waals surface area contributed by atoms with E-state index in [0.717, 1.165) is 19.4 Å². The van der Waals surface area contributed by atoms with Crippen LogP contribution < -0.4 is 10.6 Å². The zero-order valence-electron chi connectivity index (χ0n) is 12.4. The fourth-order valence-electron chi connectivity index (χ4n) is 2.44. The average molecular weight is 277 g/mol. The Morgan fingerprint density at radius 3 is 2.70 bits per heavy atom. The number of hydrogen-bond donors (Lipinski definition) is 2. The van der Waals surface area contributed by atoms with Gasteiger partial charge in [-0.2, -0.15) is 0 Å². The van der Waals surface area contributed by atoms with Crippen LogP contribution in [0.2, 0.25) is 0 Å². The first kappa shape index (κ1) is 14.7. The lowest BCUT2D eigenvalue weighted by molar-refractivity contribution is 0.0556. The van der Waals surface area contributed by atoms with E-state index in [9.17, 15) is 4.79 Å². The highest BCUT2D eigenvalue weighted by Crippen LogP contribution is 2.35. The molecule has 1 fully saturated rings. The molecule has 1 saturated carbocycles. The van der Waals surface area contributed by atoms with Crippen LogP contribution in [0.3, 0.4) is 0 Å². The predicted octanol–water partition coefficient (Wildman–Crippen LogP) is 1.12. The van der Waals surface area contributed by atoms with Crippen LogP contribution in [-0.4, -0.2) is 53.5 Å². The molecule has 0 atom stereocenters. The maximum absolute atomic E-state index is 12.2. The Kier molecular flexibility index (Phi) is 4.54. The maximum atomic E-state index is 12.2. The number of carbonyl (C=O) groups is 1. The molecule has 1 aliphatic rings. The van der Waals surface area contributed by atoms with Crippen molar-refractivity contribution < 1.29 is 4.79 Å². The Balaban J connectivity index is 1.96. The average Bonchev–Trinajstić information content (AvgIpc) is 2.37. The second-order valence-corrected chi connectivity index (χ2v) is 5.47. The Morgan fingerprint density at radius 1 is 1.40 bits per heavy atom. The van der Waals surface area contributed by atoms with Gasteiger partial charge in [-0.3, -0.25) is 9.78 Å². The molecule has 1 amide bonds. The van der Waals surface area contributed by atoms with E-state index < -0.39 is 0 Å². The summed E-state index contributed by atoms with van der Waals surface area (Å²) in [6.45, 7) is 3.39. The van der Waals surface area contributed by atoms with Crippen LogP contribution >= 0.6 is 0 Å². The van der Waals surface area contributed by atoms with E-state index in [4.69, 9.17) is 0 Å².